The Balaban J connectivity index is 2.06. The van der Waals surface area contributed by atoms with E-state index in [-0.39, 0.29) is 17.7 Å². The van der Waals surface area contributed by atoms with Crippen molar-refractivity contribution in [2.45, 2.75) is 32.0 Å². The summed E-state index contributed by atoms with van der Waals surface area (Å²) >= 11 is 6.12. The fraction of sp³-hybridized carbons (Fsp3) is 0.500. The molecule has 6 heteroatoms. The highest BCUT2D eigenvalue weighted by Crippen LogP contribution is 2.26. The molecular weight excluding hydrogens is 302 g/mol. The number of ether oxygens (including phenoxy) is 1. The molecule has 1 aromatic carbocycles. The predicted octanol–water partition coefficient (Wildman–Crippen LogP) is 2.33. The van der Waals surface area contributed by atoms with Gasteiger partial charge in [-0.25, -0.2) is 4.98 Å². The summed E-state index contributed by atoms with van der Waals surface area (Å²) < 4.78 is 7.28. The molecule has 0 radical (unpaired) electrons. The molecule has 0 unspecified atom stereocenters. The summed E-state index contributed by atoms with van der Waals surface area (Å²) in [5, 5.41) is 1.05. The van der Waals surface area contributed by atoms with Gasteiger partial charge in [-0.1, -0.05) is 17.7 Å². The van der Waals surface area contributed by atoms with Crippen molar-refractivity contribution in [2.24, 2.45) is 0 Å². The van der Waals surface area contributed by atoms with E-state index >= 15 is 0 Å². The molecular formula is C16H20ClN3O2. The van der Waals surface area contributed by atoms with E-state index in [9.17, 15) is 4.79 Å². The predicted molar refractivity (Wildman–Crippen MR) is 87.6 cm³/mol. The molecule has 3 rings (SSSR count). The van der Waals surface area contributed by atoms with Crippen LogP contribution in [0.1, 0.15) is 19.9 Å². The Morgan fingerprint density at radius 1 is 1.36 bits per heavy atom. The molecule has 1 aliphatic rings. The molecule has 2 heterocycles. The van der Waals surface area contributed by atoms with Crippen molar-refractivity contribution in [3.05, 3.63) is 39.9 Å². The Hall–Kier alpha value is -1.43. The number of aromatic nitrogens is 2. The van der Waals surface area contributed by atoms with Gasteiger partial charge in [-0.15, -0.1) is 0 Å². The maximum Gasteiger partial charge on any atom is 0.261 e. The van der Waals surface area contributed by atoms with Crippen molar-refractivity contribution in [3.63, 3.8) is 0 Å². The summed E-state index contributed by atoms with van der Waals surface area (Å²) in [6.45, 7) is 5.90. The van der Waals surface area contributed by atoms with Crippen molar-refractivity contribution in [1.29, 1.82) is 0 Å². The number of nitrogens with zero attached hydrogens (tertiary/aromatic N) is 3. The largest absolute Gasteiger partial charge is 0.378 e. The van der Waals surface area contributed by atoms with Crippen LogP contribution in [0.5, 0.6) is 0 Å². The SMILES string of the molecule is CO[C@H]1CN(C(C)C)C[C@@H]1n1cnc2c(Cl)cccc2c1=O. The van der Waals surface area contributed by atoms with Crippen molar-refractivity contribution in [1.82, 2.24) is 14.5 Å². The second-order valence-electron chi connectivity index (χ2n) is 5.98. The van der Waals surface area contributed by atoms with Crippen molar-refractivity contribution < 1.29 is 4.74 Å². The molecule has 1 fully saturated rings. The van der Waals surface area contributed by atoms with E-state index < -0.39 is 0 Å². The van der Waals surface area contributed by atoms with Crippen LogP contribution >= 0.6 is 11.6 Å². The van der Waals surface area contributed by atoms with Crippen LogP contribution < -0.4 is 5.56 Å². The van der Waals surface area contributed by atoms with Gasteiger partial charge >= 0.3 is 0 Å². The van der Waals surface area contributed by atoms with Crippen LogP contribution in [0.2, 0.25) is 5.02 Å². The third kappa shape index (κ3) is 2.53. The maximum atomic E-state index is 12.8. The molecule has 0 N–H and O–H groups in total. The summed E-state index contributed by atoms with van der Waals surface area (Å²) in [7, 11) is 1.69. The molecule has 118 valence electrons. The summed E-state index contributed by atoms with van der Waals surface area (Å²) in [5.41, 5.74) is 0.489. The minimum Gasteiger partial charge on any atom is -0.378 e. The number of methoxy groups -OCH3 is 1. The molecule has 0 amide bonds. The first-order valence-electron chi connectivity index (χ1n) is 7.45. The van der Waals surface area contributed by atoms with Gasteiger partial charge in [0.25, 0.3) is 5.56 Å². The number of hydrogen-bond donors (Lipinski definition) is 0. The van der Waals surface area contributed by atoms with Crippen molar-refractivity contribution in [3.8, 4) is 0 Å². The van der Waals surface area contributed by atoms with Crippen LogP contribution in [0, 0.1) is 0 Å². The number of benzene rings is 1. The van der Waals surface area contributed by atoms with E-state index in [4.69, 9.17) is 16.3 Å². The minimum absolute atomic E-state index is 0.0152. The zero-order valence-electron chi connectivity index (χ0n) is 13.0. The van der Waals surface area contributed by atoms with Gasteiger partial charge in [-0.2, -0.15) is 0 Å². The van der Waals surface area contributed by atoms with Crippen molar-refractivity contribution >= 4 is 22.5 Å². The number of likely N-dealkylation sites (tertiary alicyclic amines) is 1. The molecule has 5 nitrogen and oxygen atoms in total. The molecule has 22 heavy (non-hydrogen) atoms. The van der Waals surface area contributed by atoms with E-state index in [1.807, 2.05) is 0 Å². The van der Waals surface area contributed by atoms with Gasteiger partial charge in [0.1, 0.15) is 0 Å². The summed E-state index contributed by atoms with van der Waals surface area (Å²) in [4.78, 5) is 19.5. The first-order chi connectivity index (χ1) is 10.5. The molecule has 1 saturated heterocycles. The van der Waals surface area contributed by atoms with Crippen LogP contribution in [-0.4, -0.2) is 46.8 Å². The lowest BCUT2D eigenvalue weighted by Gasteiger charge is -2.20. The Labute approximate surface area is 134 Å². The van der Waals surface area contributed by atoms with Gasteiger partial charge in [-0.05, 0) is 26.0 Å². The van der Waals surface area contributed by atoms with Crippen LogP contribution in [0.25, 0.3) is 10.9 Å². The van der Waals surface area contributed by atoms with Crippen molar-refractivity contribution in [2.75, 3.05) is 20.2 Å². The fourth-order valence-corrected chi connectivity index (χ4v) is 3.30. The zero-order valence-corrected chi connectivity index (χ0v) is 13.7. The number of rotatable bonds is 3. The number of para-hydroxylation sites is 1. The minimum atomic E-state index is -0.0647. The molecule has 0 saturated carbocycles. The highest BCUT2D eigenvalue weighted by Gasteiger charge is 2.36. The lowest BCUT2D eigenvalue weighted by atomic mass is 10.2. The van der Waals surface area contributed by atoms with Gasteiger partial charge in [0.15, 0.2) is 0 Å². The van der Waals surface area contributed by atoms with Gasteiger partial charge in [0.2, 0.25) is 0 Å². The van der Waals surface area contributed by atoms with Gasteiger partial charge in [-0.3, -0.25) is 14.3 Å². The van der Waals surface area contributed by atoms with E-state index in [0.717, 1.165) is 13.1 Å². The average Bonchev–Trinajstić information content (AvgIpc) is 2.93. The Bertz CT molecular complexity index is 744. The standard InChI is InChI=1S/C16H20ClN3O2/c1-10(2)19-7-13(14(8-19)22-3)20-9-18-15-11(16(20)21)5-4-6-12(15)17/h4-6,9-10,13-14H,7-8H2,1-3H3/t13-,14-/m0/s1. The summed E-state index contributed by atoms with van der Waals surface area (Å²) in [6, 6.07) is 5.68. The monoisotopic (exact) mass is 321 g/mol. The highest BCUT2D eigenvalue weighted by atomic mass is 35.5. The third-order valence-corrected chi connectivity index (χ3v) is 4.72. The highest BCUT2D eigenvalue weighted by molar-refractivity contribution is 6.34. The van der Waals surface area contributed by atoms with E-state index in [1.165, 1.54) is 0 Å². The average molecular weight is 322 g/mol. The van der Waals surface area contributed by atoms with E-state index in [1.54, 1.807) is 36.2 Å². The van der Waals surface area contributed by atoms with Crippen LogP contribution in [-0.2, 0) is 4.74 Å². The Morgan fingerprint density at radius 2 is 2.14 bits per heavy atom. The Morgan fingerprint density at radius 3 is 2.82 bits per heavy atom. The van der Waals surface area contributed by atoms with Gasteiger partial charge in [0.05, 0.1) is 34.4 Å². The normalized spacial score (nSPS) is 22.8. The first-order valence-corrected chi connectivity index (χ1v) is 7.83. The molecule has 0 aliphatic carbocycles. The van der Waals surface area contributed by atoms with E-state index in [0.29, 0.717) is 22.0 Å². The molecule has 2 atom stereocenters. The molecule has 1 aromatic heterocycles. The van der Waals surface area contributed by atoms with Crippen LogP contribution in [0.15, 0.2) is 29.3 Å². The summed E-state index contributed by atoms with van der Waals surface area (Å²) in [5.74, 6) is 0. The molecule has 0 spiro atoms. The van der Waals surface area contributed by atoms with Crippen LogP contribution in [0.4, 0.5) is 0 Å². The van der Waals surface area contributed by atoms with Crippen LogP contribution in [0.3, 0.4) is 0 Å². The lowest BCUT2D eigenvalue weighted by molar-refractivity contribution is 0.0787. The first kappa shape index (κ1) is 15.5. The van der Waals surface area contributed by atoms with E-state index in [2.05, 4.69) is 23.7 Å². The second-order valence-corrected chi connectivity index (χ2v) is 6.39. The quantitative estimate of drug-likeness (QED) is 0.870. The zero-order chi connectivity index (χ0) is 15.9. The summed E-state index contributed by atoms with van der Waals surface area (Å²) in [6.07, 6.45) is 1.58. The second kappa shape index (κ2) is 5.99. The lowest BCUT2D eigenvalue weighted by Crippen LogP contribution is -2.33. The number of halogens is 1. The molecule has 0 bridgehead atoms. The maximum absolute atomic E-state index is 12.8. The topological polar surface area (TPSA) is 47.4 Å². The van der Waals surface area contributed by atoms with Gasteiger partial charge in [0, 0.05) is 26.2 Å². The molecule has 2 aromatic rings. The Kier molecular flexibility index (Phi) is 4.21. The molecule has 1 aliphatic heterocycles. The smallest absolute Gasteiger partial charge is 0.261 e. The van der Waals surface area contributed by atoms with Gasteiger partial charge < -0.3 is 4.74 Å². The fourth-order valence-electron chi connectivity index (χ4n) is 3.07. The number of hydrogen-bond acceptors (Lipinski definition) is 4. The third-order valence-electron chi connectivity index (χ3n) is 4.42. The number of fused-ring (bicyclic) bond motifs is 1.